The highest BCUT2D eigenvalue weighted by atomic mass is 32.2. The number of carbonyl (C=O) groups excluding carboxylic acids is 1. The number of hydrogen-bond donors (Lipinski definition) is 2. The van der Waals surface area contributed by atoms with Crippen molar-refractivity contribution >= 4 is 27.3 Å². The van der Waals surface area contributed by atoms with Crippen molar-refractivity contribution in [1.82, 2.24) is 4.31 Å². The Morgan fingerprint density at radius 2 is 1.44 bits per heavy atom. The van der Waals surface area contributed by atoms with Gasteiger partial charge in [0, 0.05) is 36.6 Å². The Bertz CT molecular complexity index is 843. The zero-order chi connectivity index (χ0) is 19.9. The maximum atomic E-state index is 12.5. The van der Waals surface area contributed by atoms with Crippen LogP contribution in [0.15, 0.2) is 53.4 Å². The summed E-state index contributed by atoms with van der Waals surface area (Å²) >= 11 is 0. The highest BCUT2D eigenvalue weighted by Gasteiger charge is 2.21. The van der Waals surface area contributed by atoms with E-state index in [0.29, 0.717) is 24.3 Å². The molecule has 0 aromatic heterocycles. The fraction of sp³-hybridized carbons (Fsp3) is 0.350. The van der Waals surface area contributed by atoms with Gasteiger partial charge < -0.3 is 10.6 Å². The summed E-state index contributed by atoms with van der Waals surface area (Å²) < 4.78 is 26.4. The summed E-state index contributed by atoms with van der Waals surface area (Å²) in [6, 6.07) is 13.5. The van der Waals surface area contributed by atoms with Gasteiger partial charge in [-0.25, -0.2) is 8.42 Å². The summed E-state index contributed by atoms with van der Waals surface area (Å²) in [6.07, 6.45) is 1.04. The van der Waals surface area contributed by atoms with Crippen LogP contribution in [0.3, 0.4) is 0 Å². The van der Waals surface area contributed by atoms with Gasteiger partial charge in [-0.15, -0.1) is 0 Å². The van der Waals surface area contributed by atoms with Crippen LogP contribution in [0, 0.1) is 0 Å². The predicted octanol–water partition coefficient (Wildman–Crippen LogP) is 3.79. The Labute approximate surface area is 161 Å². The first-order chi connectivity index (χ1) is 12.9. The molecular formula is C20H27N3O3S. The average molecular weight is 390 g/mol. The second-order valence-electron chi connectivity index (χ2n) is 6.07. The summed E-state index contributed by atoms with van der Waals surface area (Å²) in [4.78, 5) is 12.6. The molecule has 0 aliphatic heterocycles. The molecular weight excluding hydrogens is 362 g/mol. The summed E-state index contributed by atoms with van der Waals surface area (Å²) in [7, 11) is -3.52. The van der Waals surface area contributed by atoms with E-state index in [2.05, 4.69) is 17.6 Å². The summed E-state index contributed by atoms with van der Waals surface area (Å²) in [5, 5.41) is 6.09. The van der Waals surface area contributed by atoms with Gasteiger partial charge in [0.05, 0.1) is 4.90 Å². The lowest BCUT2D eigenvalue weighted by molar-refractivity contribution is 0.102. The number of benzene rings is 2. The molecule has 0 unspecified atom stereocenters. The van der Waals surface area contributed by atoms with E-state index < -0.39 is 10.0 Å². The minimum atomic E-state index is -3.52. The fourth-order valence-electron chi connectivity index (χ4n) is 2.63. The van der Waals surface area contributed by atoms with E-state index in [-0.39, 0.29) is 10.8 Å². The zero-order valence-electron chi connectivity index (χ0n) is 16.0. The number of rotatable bonds is 9. The van der Waals surface area contributed by atoms with Crippen LogP contribution in [0.25, 0.3) is 0 Å². The number of carbonyl (C=O) groups is 1. The molecule has 0 saturated carbocycles. The van der Waals surface area contributed by atoms with Crippen LogP contribution in [0.4, 0.5) is 11.4 Å². The van der Waals surface area contributed by atoms with Gasteiger partial charge in [-0.2, -0.15) is 4.31 Å². The van der Waals surface area contributed by atoms with Crippen LogP contribution < -0.4 is 10.6 Å². The summed E-state index contributed by atoms with van der Waals surface area (Å²) in [6.45, 7) is 7.40. The van der Waals surface area contributed by atoms with Gasteiger partial charge in [0.1, 0.15) is 0 Å². The molecule has 2 aromatic rings. The second kappa shape index (κ2) is 9.53. The van der Waals surface area contributed by atoms with Crippen LogP contribution in [-0.2, 0) is 10.0 Å². The van der Waals surface area contributed by atoms with Crippen molar-refractivity contribution in [2.75, 3.05) is 30.3 Å². The Morgan fingerprint density at radius 1 is 0.889 bits per heavy atom. The number of anilines is 2. The Morgan fingerprint density at radius 3 is 1.96 bits per heavy atom. The molecule has 0 spiro atoms. The monoisotopic (exact) mass is 389 g/mol. The molecule has 7 heteroatoms. The first kappa shape index (κ1) is 20.9. The third kappa shape index (κ3) is 5.30. The minimum absolute atomic E-state index is 0.189. The van der Waals surface area contributed by atoms with Crippen LogP contribution in [-0.4, -0.2) is 38.3 Å². The molecule has 27 heavy (non-hydrogen) atoms. The van der Waals surface area contributed by atoms with E-state index in [1.807, 2.05) is 24.3 Å². The predicted molar refractivity (Wildman–Crippen MR) is 110 cm³/mol. The number of amides is 1. The topological polar surface area (TPSA) is 78.5 Å². The van der Waals surface area contributed by atoms with Gasteiger partial charge in [-0.1, -0.05) is 20.8 Å². The van der Waals surface area contributed by atoms with E-state index in [0.717, 1.165) is 18.7 Å². The summed E-state index contributed by atoms with van der Waals surface area (Å²) in [5.74, 6) is -0.281. The lowest BCUT2D eigenvalue weighted by atomic mass is 10.2. The van der Waals surface area contributed by atoms with Gasteiger partial charge >= 0.3 is 0 Å². The highest BCUT2D eigenvalue weighted by Crippen LogP contribution is 2.18. The van der Waals surface area contributed by atoms with Crippen LogP contribution in [0.5, 0.6) is 0 Å². The fourth-order valence-corrected chi connectivity index (χ4v) is 4.09. The van der Waals surface area contributed by atoms with E-state index in [9.17, 15) is 13.2 Å². The van der Waals surface area contributed by atoms with Gasteiger partial charge in [0.2, 0.25) is 10.0 Å². The van der Waals surface area contributed by atoms with Crippen molar-refractivity contribution in [2.45, 2.75) is 32.1 Å². The Balaban J connectivity index is 2.07. The molecule has 2 N–H and O–H groups in total. The highest BCUT2D eigenvalue weighted by molar-refractivity contribution is 7.89. The molecule has 0 heterocycles. The van der Waals surface area contributed by atoms with E-state index in [4.69, 9.17) is 0 Å². The quantitative estimate of drug-likeness (QED) is 0.684. The number of hydrogen-bond acceptors (Lipinski definition) is 4. The van der Waals surface area contributed by atoms with Gasteiger partial charge in [0.25, 0.3) is 5.91 Å². The van der Waals surface area contributed by atoms with E-state index in [1.165, 1.54) is 28.6 Å². The van der Waals surface area contributed by atoms with Crippen molar-refractivity contribution in [3.8, 4) is 0 Å². The molecule has 2 rings (SSSR count). The lowest BCUT2D eigenvalue weighted by Gasteiger charge is -2.18. The van der Waals surface area contributed by atoms with Crippen LogP contribution in [0.1, 0.15) is 37.6 Å². The molecule has 0 fully saturated rings. The lowest BCUT2D eigenvalue weighted by Crippen LogP contribution is -2.30. The van der Waals surface area contributed by atoms with Crippen molar-refractivity contribution < 1.29 is 13.2 Å². The largest absolute Gasteiger partial charge is 0.385 e. The second-order valence-corrected chi connectivity index (χ2v) is 8.01. The van der Waals surface area contributed by atoms with Crippen molar-refractivity contribution in [2.24, 2.45) is 0 Å². The molecule has 1 amide bonds. The van der Waals surface area contributed by atoms with E-state index >= 15 is 0 Å². The maximum Gasteiger partial charge on any atom is 0.255 e. The molecule has 0 aliphatic carbocycles. The molecule has 2 aromatic carbocycles. The summed E-state index contributed by atoms with van der Waals surface area (Å²) in [5.41, 5.74) is 2.09. The Kier molecular flexibility index (Phi) is 7.38. The SMILES string of the molecule is CCCNc1ccc(NC(=O)c2ccc(S(=O)(=O)N(CC)CC)cc2)cc1. The first-order valence-corrected chi connectivity index (χ1v) is 10.6. The first-order valence-electron chi connectivity index (χ1n) is 9.17. The maximum absolute atomic E-state index is 12.5. The van der Waals surface area contributed by atoms with Crippen LogP contribution in [0.2, 0.25) is 0 Å². The van der Waals surface area contributed by atoms with Crippen molar-refractivity contribution in [3.05, 3.63) is 54.1 Å². The number of nitrogens with zero attached hydrogens (tertiary/aromatic N) is 1. The van der Waals surface area contributed by atoms with Gasteiger partial charge in [0.15, 0.2) is 0 Å². The third-order valence-corrected chi connectivity index (χ3v) is 6.25. The van der Waals surface area contributed by atoms with Crippen LogP contribution >= 0.6 is 0 Å². The van der Waals surface area contributed by atoms with Crippen molar-refractivity contribution in [3.63, 3.8) is 0 Å². The van der Waals surface area contributed by atoms with Crippen molar-refractivity contribution in [1.29, 1.82) is 0 Å². The molecule has 0 aliphatic rings. The molecule has 0 radical (unpaired) electrons. The van der Waals surface area contributed by atoms with Gasteiger partial charge in [-0.3, -0.25) is 4.79 Å². The van der Waals surface area contributed by atoms with Gasteiger partial charge in [-0.05, 0) is 55.0 Å². The average Bonchev–Trinajstić information content (AvgIpc) is 2.68. The molecule has 146 valence electrons. The zero-order valence-corrected chi connectivity index (χ0v) is 16.8. The standard InChI is InChI=1S/C20H27N3O3S/c1-4-15-21-17-9-11-18(12-10-17)22-20(24)16-7-13-19(14-8-16)27(25,26)23(5-2)6-3/h7-14,21H,4-6,15H2,1-3H3,(H,22,24). The minimum Gasteiger partial charge on any atom is -0.385 e. The van der Waals surface area contributed by atoms with E-state index in [1.54, 1.807) is 13.8 Å². The normalized spacial score (nSPS) is 11.4. The molecule has 0 atom stereocenters. The molecule has 0 saturated heterocycles. The third-order valence-electron chi connectivity index (χ3n) is 4.18. The molecule has 6 nitrogen and oxygen atoms in total. The Hall–Kier alpha value is -2.38. The number of nitrogens with one attached hydrogen (secondary N) is 2. The smallest absolute Gasteiger partial charge is 0.255 e. The number of sulfonamides is 1. The molecule has 0 bridgehead atoms.